The molecule has 4 heterocycles. The maximum Gasteiger partial charge on any atom is 0.252 e. The first kappa shape index (κ1) is 26.4. The zero-order valence-electron chi connectivity index (χ0n) is 20.9. The number of halogens is 1. The molecule has 38 heavy (non-hydrogen) atoms. The number of aromatic nitrogens is 2. The normalized spacial score (nSPS) is 14.0. The zero-order chi connectivity index (χ0) is 25.2. The maximum absolute atomic E-state index is 13.2. The Bertz CT molecular complexity index is 1550. The van der Waals surface area contributed by atoms with Crippen LogP contribution in [-0.4, -0.2) is 67.2 Å². The molecule has 0 aliphatic carbocycles. The molecule has 3 aromatic heterocycles. The molecule has 196 valence electrons. The molecule has 1 aliphatic heterocycles. The van der Waals surface area contributed by atoms with E-state index in [0.29, 0.717) is 12.1 Å². The smallest absolute Gasteiger partial charge is 0.252 e. The van der Waals surface area contributed by atoms with Crippen molar-refractivity contribution in [2.45, 2.75) is 0 Å². The highest BCUT2D eigenvalue weighted by Gasteiger charge is 2.20. The molecule has 2 aromatic carbocycles. The van der Waals surface area contributed by atoms with Gasteiger partial charge in [-0.2, -0.15) is 0 Å². The number of carbonyl (C=O) groups is 1. The van der Waals surface area contributed by atoms with Gasteiger partial charge >= 0.3 is 0 Å². The van der Waals surface area contributed by atoms with Crippen LogP contribution in [0.1, 0.15) is 10.4 Å². The minimum absolute atomic E-state index is 0. The maximum atomic E-state index is 13.2. The number of piperazine rings is 1. The molecule has 1 fully saturated rings. The molecule has 0 saturated carbocycles. The first-order chi connectivity index (χ1) is 18.2. The van der Waals surface area contributed by atoms with Crippen LogP contribution in [0.4, 0.5) is 5.13 Å². The van der Waals surface area contributed by atoms with E-state index in [1.54, 1.807) is 29.8 Å². The SMILES string of the molecule is COc1ccc2nc(N3CCN(CCNC(=O)c4cc(-c5cccs5)nc5ccccc45)CC3)sc2c1.Cl. The van der Waals surface area contributed by atoms with Crippen LogP contribution in [-0.2, 0) is 0 Å². The Morgan fingerprint density at radius 3 is 2.63 bits per heavy atom. The number of pyridine rings is 1. The number of ether oxygens (including phenoxy) is 1. The lowest BCUT2D eigenvalue weighted by molar-refractivity contribution is 0.0949. The van der Waals surface area contributed by atoms with Crippen LogP contribution in [0.5, 0.6) is 5.75 Å². The number of hydrogen-bond donors (Lipinski definition) is 1. The minimum Gasteiger partial charge on any atom is -0.497 e. The molecular formula is C28H28ClN5O2S2. The lowest BCUT2D eigenvalue weighted by Crippen LogP contribution is -2.48. The van der Waals surface area contributed by atoms with Gasteiger partial charge < -0.3 is 15.0 Å². The van der Waals surface area contributed by atoms with E-state index in [9.17, 15) is 4.79 Å². The average Bonchev–Trinajstić information content (AvgIpc) is 3.63. The number of hydrogen-bond acceptors (Lipinski definition) is 8. The Balaban J connectivity index is 0.00000294. The van der Waals surface area contributed by atoms with Gasteiger partial charge in [0.15, 0.2) is 5.13 Å². The molecule has 1 aliphatic rings. The van der Waals surface area contributed by atoms with Crippen molar-refractivity contribution in [2.75, 3.05) is 51.3 Å². The standard InChI is InChI=1S/C28H27N5O2S2.ClH/c1-35-19-8-9-23-26(17-19)37-28(31-23)33-14-12-32(13-15-33)11-10-29-27(34)21-18-24(25-7-4-16-36-25)30-22-6-3-2-5-20(21)22;/h2-9,16-18H,10-15H2,1H3,(H,29,34);1H. The summed E-state index contributed by atoms with van der Waals surface area (Å²) in [6.07, 6.45) is 0. The van der Waals surface area contributed by atoms with E-state index < -0.39 is 0 Å². The van der Waals surface area contributed by atoms with Gasteiger partial charge in [0, 0.05) is 44.7 Å². The first-order valence-corrected chi connectivity index (χ1v) is 14.0. The Labute approximate surface area is 235 Å². The van der Waals surface area contributed by atoms with E-state index in [0.717, 1.165) is 75.3 Å². The Morgan fingerprint density at radius 1 is 1.00 bits per heavy atom. The van der Waals surface area contributed by atoms with Gasteiger partial charge in [-0.15, -0.1) is 23.7 Å². The number of nitrogens with one attached hydrogen (secondary N) is 1. The summed E-state index contributed by atoms with van der Waals surface area (Å²) in [7, 11) is 1.69. The second kappa shape index (κ2) is 11.7. The van der Waals surface area contributed by atoms with Crippen molar-refractivity contribution >= 4 is 67.2 Å². The Hall–Kier alpha value is -3.24. The van der Waals surface area contributed by atoms with Crippen molar-refractivity contribution in [3.63, 3.8) is 0 Å². The monoisotopic (exact) mass is 565 g/mol. The summed E-state index contributed by atoms with van der Waals surface area (Å²) >= 11 is 3.34. The summed E-state index contributed by atoms with van der Waals surface area (Å²) < 4.78 is 6.49. The largest absolute Gasteiger partial charge is 0.497 e. The van der Waals surface area contributed by atoms with Crippen LogP contribution in [0, 0.1) is 0 Å². The average molecular weight is 566 g/mol. The van der Waals surface area contributed by atoms with Gasteiger partial charge in [-0.25, -0.2) is 9.97 Å². The van der Waals surface area contributed by atoms with Gasteiger partial charge in [0.05, 0.1) is 39.0 Å². The number of anilines is 1. The number of thiazole rings is 1. The van der Waals surface area contributed by atoms with Crippen LogP contribution in [0.15, 0.2) is 66.0 Å². The van der Waals surface area contributed by atoms with Gasteiger partial charge in [0.25, 0.3) is 5.91 Å². The fraction of sp³-hybridized carbons (Fsp3) is 0.250. The summed E-state index contributed by atoms with van der Waals surface area (Å²) in [6, 6.07) is 19.8. The predicted molar refractivity (Wildman–Crippen MR) is 159 cm³/mol. The van der Waals surface area contributed by atoms with E-state index in [2.05, 4.69) is 15.1 Å². The molecule has 0 spiro atoms. The lowest BCUT2D eigenvalue weighted by atomic mass is 10.1. The highest BCUT2D eigenvalue weighted by atomic mass is 35.5. The van der Waals surface area contributed by atoms with Crippen LogP contribution >= 0.6 is 35.1 Å². The zero-order valence-corrected chi connectivity index (χ0v) is 23.4. The number of rotatable bonds is 7. The number of thiophene rings is 1. The van der Waals surface area contributed by atoms with Crippen molar-refractivity contribution in [3.05, 3.63) is 71.6 Å². The summed E-state index contributed by atoms with van der Waals surface area (Å²) in [5.74, 6) is 0.803. The first-order valence-electron chi connectivity index (χ1n) is 12.3. The molecule has 0 atom stereocenters. The summed E-state index contributed by atoms with van der Waals surface area (Å²) in [5.41, 5.74) is 3.36. The number of fused-ring (bicyclic) bond motifs is 2. The number of nitrogens with zero attached hydrogens (tertiary/aromatic N) is 4. The van der Waals surface area contributed by atoms with Crippen LogP contribution < -0.4 is 15.0 Å². The molecule has 1 saturated heterocycles. The highest BCUT2D eigenvalue weighted by Crippen LogP contribution is 2.32. The third-order valence-electron chi connectivity index (χ3n) is 6.68. The quantitative estimate of drug-likeness (QED) is 0.279. The van der Waals surface area contributed by atoms with Crippen molar-refractivity contribution in [2.24, 2.45) is 0 Å². The van der Waals surface area contributed by atoms with E-state index >= 15 is 0 Å². The summed E-state index contributed by atoms with van der Waals surface area (Å²) in [4.78, 5) is 28.6. The van der Waals surface area contributed by atoms with Crippen LogP contribution in [0.25, 0.3) is 31.7 Å². The fourth-order valence-corrected chi connectivity index (χ4v) is 6.39. The molecule has 1 N–H and O–H groups in total. The number of benzene rings is 2. The topological polar surface area (TPSA) is 70.6 Å². The fourth-order valence-electron chi connectivity index (χ4n) is 4.65. The molecule has 0 radical (unpaired) electrons. The second-order valence-electron chi connectivity index (χ2n) is 8.96. The van der Waals surface area contributed by atoms with Crippen LogP contribution in [0.3, 0.4) is 0 Å². The molecule has 0 bridgehead atoms. The van der Waals surface area contributed by atoms with Crippen molar-refractivity contribution < 1.29 is 9.53 Å². The van der Waals surface area contributed by atoms with Gasteiger partial charge in [-0.1, -0.05) is 35.6 Å². The molecule has 0 unspecified atom stereocenters. The van der Waals surface area contributed by atoms with Gasteiger partial charge in [0.2, 0.25) is 0 Å². The highest BCUT2D eigenvalue weighted by molar-refractivity contribution is 7.22. The minimum atomic E-state index is -0.0556. The third-order valence-corrected chi connectivity index (χ3v) is 8.65. The number of methoxy groups -OCH3 is 1. The van der Waals surface area contributed by atoms with Gasteiger partial charge in [-0.3, -0.25) is 9.69 Å². The molecular weight excluding hydrogens is 538 g/mol. The Kier molecular flexibility index (Phi) is 8.09. The van der Waals surface area contributed by atoms with Crippen LogP contribution in [0.2, 0.25) is 0 Å². The van der Waals surface area contributed by atoms with E-state index in [1.807, 2.05) is 66.0 Å². The second-order valence-corrected chi connectivity index (χ2v) is 10.9. The number of para-hydroxylation sites is 1. The molecule has 6 rings (SSSR count). The number of carbonyl (C=O) groups excluding carboxylic acids is 1. The van der Waals surface area contributed by atoms with E-state index in [4.69, 9.17) is 14.7 Å². The third kappa shape index (κ3) is 5.47. The van der Waals surface area contributed by atoms with E-state index in [1.165, 1.54) is 0 Å². The van der Waals surface area contributed by atoms with Crippen molar-refractivity contribution in [1.82, 2.24) is 20.2 Å². The van der Waals surface area contributed by atoms with Crippen molar-refractivity contribution in [1.29, 1.82) is 0 Å². The molecule has 10 heteroatoms. The predicted octanol–water partition coefficient (Wildman–Crippen LogP) is 5.56. The summed E-state index contributed by atoms with van der Waals surface area (Å²) in [5, 5.41) is 7.10. The lowest BCUT2D eigenvalue weighted by Gasteiger charge is -2.34. The van der Waals surface area contributed by atoms with Gasteiger partial charge in [-0.05, 0) is 41.8 Å². The Morgan fingerprint density at radius 2 is 1.84 bits per heavy atom. The molecule has 7 nitrogen and oxygen atoms in total. The van der Waals surface area contributed by atoms with Crippen molar-refractivity contribution in [3.8, 4) is 16.3 Å². The van der Waals surface area contributed by atoms with E-state index in [-0.39, 0.29) is 18.3 Å². The summed E-state index contributed by atoms with van der Waals surface area (Å²) in [6.45, 7) is 5.14. The number of amides is 1. The molecule has 1 amide bonds. The van der Waals surface area contributed by atoms with Gasteiger partial charge in [0.1, 0.15) is 5.75 Å². The molecule has 5 aromatic rings.